The predicted molar refractivity (Wildman–Crippen MR) is 79.3 cm³/mol. The minimum Gasteiger partial charge on any atom is -0.271 e. The first-order chi connectivity index (χ1) is 9.45. The molecule has 0 amide bonds. The van der Waals surface area contributed by atoms with Crippen LogP contribution in [0.4, 0.5) is 0 Å². The van der Waals surface area contributed by atoms with Gasteiger partial charge in [-0.15, -0.1) is 11.6 Å². The van der Waals surface area contributed by atoms with Gasteiger partial charge in [-0.05, 0) is 24.7 Å². The smallest absolute Gasteiger partial charge is 0.246 e. The van der Waals surface area contributed by atoms with Crippen LogP contribution in [0.25, 0.3) is 0 Å². The number of rotatable bonds is 6. The molecular formula is C13H22ClN3O2S. The third kappa shape index (κ3) is 3.35. The van der Waals surface area contributed by atoms with Crippen LogP contribution in [-0.2, 0) is 16.6 Å². The van der Waals surface area contributed by atoms with E-state index < -0.39 is 10.0 Å². The van der Waals surface area contributed by atoms with Gasteiger partial charge in [0.2, 0.25) is 10.0 Å². The number of hydrogen-bond donors (Lipinski definition) is 0. The fourth-order valence-electron chi connectivity index (χ4n) is 2.49. The molecule has 7 heteroatoms. The third-order valence-electron chi connectivity index (χ3n) is 3.90. The van der Waals surface area contributed by atoms with Gasteiger partial charge in [-0.3, -0.25) is 4.68 Å². The molecule has 1 aromatic heterocycles. The molecule has 0 radical (unpaired) electrons. The maximum atomic E-state index is 12.5. The van der Waals surface area contributed by atoms with Gasteiger partial charge in [-0.1, -0.05) is 13.8 Å². The topological polar surface area (TPSA) is 55.2 Å². The van der Waals surface area contributed by atoms with Crippen molar-refractivity contribution in [2.45, 2.75) is 38.1 Å². The Morgan fingerprint density at radius 3 is 2.85 bits per heavy atom. The first kappa shape index (κ1) is 15.8. The molecule has 1 saturated heterocycles. The van der Waals surface area contributed by atoms with E-state index in [2.05, 4.69) is 18.9 Å². The van der Waals surface area contributed by atoms with E-state index in [1.165, 1.54) is 6.20 Å². The summed E-state index contributed by atoms with van der Waals surface area (Å²) >= 11 is 5.63. The Morgan fingerprint density at radius 2 is 2.25 bits per heavy atom. The van der Waals surface area contributed by atoms with Crippen LogP contribution in [-0.4, -0.2) is 41.5 Å². The Labute approximate surface area is 126 Å². The van der Waals surface area contributed by atoms with Gasteiger partial charge in [-0.25, -0.2) is 8.42 Å². The maximum Gasteiger partial charge on any atom is 0.246 e. The predicted octanol–water partition coefficient (Wildman–Crippen LogP) is 2.18. The molecule has 2 heterocycles. The van der Waals surface area contributed by atoms with Crippen LogP contribution in [0.3, 0.4) is 0 Å². The zero-order chi connectivity index (χ0) is 14.8. The molecule has 2 rings (SSSR count). The molecule has 0 N–H and O–H groups in total. The first-order valence-electron chi connectivity index (χ1n) is 7.03. The van der Waals surface area contributed by atoms with E-state index in [4.69, 9.17) is 11.6 Å². The molecule has 5 nitrogen and oxygen atoms in total. The molecule has 0 aliphatic carbocycles. The minimum absolute atomic E-state index is 0.288. The largest absolute Gasteiger partial charge is 0.271 e. The molecule has 0 bridgehead atoms. The third-order valence-corrected chi connectivity index (χ3v) is 5.98. The normalized spacial score (nSPS) is 20.9. The molecule has 1 aromatic rings. The molecule has 20 heavy (non-hydrogen) atoms. The van der Waals surface area contributed by atoms with Crippen molar-refractivity contribution in [3.05, 3.63) is 12.4 Å². The van der Waals surface area contributed by atoms with Crippen molar-refractivity contribution in [2.75, 3.05) is 19.0 Å². The van der Waals surface area contributed by atoms with Crippen molar-refractivity contribution < 1.29 is 8.42 Å². The summed E-state index contributed by atoms with van der Waals surface area (Å²) in [5, 5.41) is 4.10. The van der Waals surface area contributed by atoms with Crippen LogP contribution in [0.15, 0.2) is 17.3 Å². The number of alkyl halides is 1. The van der Waals surface area contributed by atoms with Crippen molar-refractivity contribution in [1.29, 1.82) is 0 Å². The standard InChI is InChI=1S/C13H22ClN3O2S/c1-11(2)12-4-7-17(9-12)20(18,19)13-8-15-16(10-13)6-3-5-14/h8,10-12H,3-7,9H2,1-2H3. The lowest BCUT2D eigenvalue weighted by Crippen LogP contribution is -2.29. The van der Waals surface area contributed by atoms with Crippen LogP contribution in [0, 0.1) is 11.8 Å². The van der Waals surface area contributed by atoms with Crippen LogP contribution in [0.2, 0.25) is 0 Å². The Morgan fingerprint density at radius 1 is 1.50 bits per heavy atom. The summed E-state index contributed by atoms with van der Waals surface area (Å²) in [6.45, 7) is 6.16. The van der Waals surface area contributed by atoms with Gasteiger partial charge in [0.05, 0.1) is 6.20 Å². The fourth-order valence-corrected chi connectivity index (χ4v) is 4.07. The summed E-state index contributed by atoms with van der Waals surface area (Å²) < 4.78 is 28.3. The summed E-state index contributed by atoms with van der Waals surface area (Å²) in [5.41, 5.74) is 0. The van der Waals surface area contributed by atoms with Gasteiger partial charge >= 0.3 is 0 Å². The van der Waals surface area contributed by atoms with Crippen molar-refractivity contribution in [1.82, 2.24) is 14.1 Å². The van der Waals surface area contributed by atoms with Crippen molar-refractivity contribution in [3.63, 3.8) is 0 Å². The summed E-state index contributed by atoms with van der Waals surface area (Å²) in [4.78, 5) is 0.288. The molecule has 1 unspecified atom stereocenters. The van der Waals surface area contributed by atoms with E-state index in [0.29, 0.717) is 37.4 Å². The molecule has 0 saturated carbocycles. The SMILES string of the molecule is CC(C)C1CCN(S(=O)(=O)c2cnn(CCCCl)c2)C1. The monoisotopic (exact) mass is 319 g/mol. The number of aromatic nitrogens is 2. The lowest BCUT2D eigenvalue weighted by atomic mass is 9.96. The van der Waals surface area contributed by atoms with E-state index >= 15 is 0 Å². The van der Waals surface area contributed by atoms with Crippen LogP contribution in [0.1, 0.15) is 26.7 Å². The maximum absolute atomic E-state index is 12.5. The second kappa shape index (κ2) is 6.45. The minimum atomic E-state index is -3.39. The summed E-state index contributed by atoms with van der Waals surface area (Å²) in [5.74, 6) is 1.52. The van der Waals surface area contributed by atoms with Crippen LogP contribution >= 0.6 is 11.6 Å². The molecule has 0 spiro atoms. The molecule has 1 atom stereocenters. The van der Waals surface area contributed by atoms with Gasteiger partial charge in [-0.2, -0.15) is 9.40 Å². The van der Waals surface area contributed by atoms with Crippen molar-refractivity contribution >= 4 is 21.6 Å². The van der Waals surface area contributed by atoms with E-state index in [0.717, 1.165) is 12.8 Å². The molecule has 1 aliphatic heterocycles. The number of sulfonamides is 1. The lowest BCUT2D eigenvalue weighted by Gasteiger charge is -2.17. The van der Waals surface area contributed by atoms with Gasteiger partial charge in [0.1, 0.15) is 4.90 Å². The number of halogens is 1. The second-order valence-corrected chi connectivity index (χ2v) is 7.95. The van der Waals surface area contributed by atoms with Crippen LogP contribution < -0.4 is 0 Å². The van der Waals surface area contributed by atoms with Gasteiger partial charge in [0, 0.05) is 31.7 Å². The highest BCUT2D eigenvalue weighted by Crippen LogP contribution is 2.28. The Hall–Kier alpha value is -0.590. The van der Waals surface area contributed by atoms with Crippen molar-refractivity contribution in [2.24, 2.45) is 11.8 Å². The number of nitrogens with zero attached hydrogens (tertiary/aromatic N) is 3. The summed E-state index contributed by atoms with van der Waals surface area (Å²) in [6, 6.07) is 0. The van der Waals surface area contributed by atoms with Gasteiger partial charge in [0.25, 0.3) is 0 Å². The average Bonchev–Trinajstić information content (AvgIpc) is 3.05. The quantitative estimate of drug-likeness (QED) is 0.755. The Balaban J connectivity index is 2.09. The number of aryl methyl sites for hydroxylation is 1. The Bertz CT molecular complexity index is 542. The lowest BCUT2D eigenvalue weighted by molar-refractivity contribution is 0.388. The zero-order valence-corrected chi connectivity index (χ0v) is 13.6. The zero-order valence-electron chi connectivity index (χ0n) is 12.0. The highest BCUT2D eigenvalue weighted by Gasteiger charge is 2.34. The van der Waals surface area contributed by atoms with Crippen LogP contribution in [0.5, 0.6) is 0 Å². The van der Waals surface area contributed by atoms with Gasteiger partial charge < -0.3 is 0 Å². The van der Waals surface area contributed by atoms with Gasteiger partial charge in [0.15, 0.2) is 0 Å². The average molecular weight is 320 g/mol. The van der Waals surface area contributed by atoms with E-state index in [1.54, 1.807) is 15.2 Å². The van der Waals surface area contributed by atoms with E-state index in [-0.39, 0.29) is 4.90 Å². The fraction of sp³-hybridized carbons (Fsp3) is 0.769. The molecule has 114 valence electrons. The molecular weight excluding hydrogens is 298 g/mol. The second-order valence-electron chi connectivity index (χ2n) is 5.64. The molecule has 1 aliphatic rings. The molecule has 0 aromatic carbocycles. The number of hydrogen-bond acceptors (Lipinski definition) is 3. The summed E-state index contributed by atoms with van der Waals surface area (Å²) in [7, 11) is -3.39. The first-order valence-corrected chi connectivity index (χ1v) is 9.01. The summed E-state index contributed by atoms with van der Waals surface area (Å²) in [6.07, 6.45) is 4.76. The van der Waals surface area contributed by atoms with E-state index in [1.807, 2.05) is 0 Å². The molecule has 1 fully saturated rings. The highest BCUT2D eigenvalue weighted by molar-refractivity contribution is 7.89. The highest BCUT2D eigenvalue weighted by atomic mass is 35.5. The van der Waals surface area contributed by atoms with Crippen molar-refractivity contribution in [3.8, 4) is 0 Å². The Kier molecular flexibility index (Phi) is 5.09. The van der Waals surface area contributed by atoms with E-state index in [9.17, 15) is 8.42 Å².